The number of aliphatic hydroxyl groups is 1. The molecule has 3 rings (SSSR count). The van der Waals surface area contributed by atoms with Gasteiger partial charge in [0.1, 0.15) is 5.70 Å². The van der Waals surface area contributed by atoms with Crippen LogP contribution < -0.4 is 11.1 Å². The Kier molecular flexibility index (Phi) is 5.95. The van der Waals surface area contributed by atoms with E-state index in [2.05, 4.69) is 5.32 Å². The first kappa shape index (κ1) is 20.2. The van der Waals surface area contributed by atoms with Crippen molar-refractivity contribution in [3.8, 4) is 0 Å². The quantitative estimate of drug-likeness (QED) is 0.282. The molecule has 2 heterocycles. The second-order valence-corrected chi connectivity index (χ2v) is 8.09. The highest BCUT2D eigenvalue weighted by Crippen LogP contribution is 2.46. The number of para-hydroxylation sites is 1. The molecule has 1 fully saturated rings. The van der Waals surface area contributed by atoms with E-state index in [1.165, 1.54) is 16.7 Å². The number of hydrogen-bond donors (Lipinski definition) is 4. The largest absolute Gasteiger partial charge is 0.477 e. The fourth-order valence-electron chi connectivity index (χ4n) is 3.66. The van der Waals surface area contributed by atoms with Crippen molar-refractivity contribution in [2.24, 2.45) is 5.92 Å². The van der Waals surface area contributed by atoms with Gasteiger partial charge in [-0.1, -0.05) is 18.2 Å². The lowest BCUT2D eigenvalue weighted by atomic mass is 9.83. The number of nitrogens with two attached hydrogens (primary N) is 1. The molecule has 3 atom stereocenters. The van der Waals surface area contributed by atoms with Crippen molar-refractivity contribution in [3.63, 3.8) is 0 Å². The van der Waals surface area contributed by atoms with E-state index >= 15 is 0 Å². The number of carbonyl (C=O) groups excluding carboxylic acids is 2. The van der Waals surface area contributed by atoms with Crippen LogP contribution in [0.25, 0.3) is 0 Å². The third-order valence-electron chi connectivity index (χ3n) is 5.00. The van der Waals surface area contributed by atoms with E-state index in [4.69, 9.17) is 5.73 Å². The van der Waals surface area contributed by atoms with Crippen LogP contribution in [0.4, 0.5) is 5.69 Å². The first-order chi connectivity index (χ1) is 13.3. The number of carbonyl (C=O) groups is 3. The number of carboxylic acid groups (broad SMARTS) is 1. The highest BCUT2D eigenvalue weighted by molar-refractivity contribution is 8.03. The number of amides is 2. The molecule has 1 aromatic rings. The van der Waals surface area contributed by atoms with Crippen LogP contribution in [-0.2, 0) is 20.8 Å². The number of fused-ring (bicyclic) bond motifs is 1. The second kappa shape index (κ2) is 8.24. The van der Waals surface area contributed by atoms with Crippen molar-refractivity contribution < 1.29 is 24.6 Å². The molecule has 2 aliphatic rings. The van der Waals surface area contributed by atoms with Crippen molar-refractivity contribution >= 4 is 35.2 Å². The van der Waals surface area contributed by atoms with Gasteiger partial charge < -0.3 is 26.2 Å². The van der Waals surface area contributed by atoms with Crippen LogP contribution in [0.15, 0.2) is 34.9 Å². The normalized spacial score (nSPS) is 21.9. The minimum atomic E-state index is -1.15. The fraction of sp³-hybridized carbons (Fsp3) is 0.421. The van der Waals surface area contributed by atoms with Gasteiger partial charge in [-0.2, -0.15) is 0 Å². The van der Waals surface area contributed by atoms with Gasteiger partial charge in [-0.25, -0.2) is 4.79 Å². The zero-order chi connectivity index (χ0) is 20.4. The number of benzene rings is 1. The molecule has 0 unspecified atom stereocenters. The average molecular weight is 405 g/mol. The lowest BCUT2D eigenvalue weighted by Gasteiger charge is -2.44. The van der Waals surface area contributed by atoms with Crippen LogP contribution in [0.2, 0.25) is 0 Å². The molecule has 0 bridgehead atoms. The standard InChI is InChI=1S/C19H23N3O5S/c1-10(23)16-13-9-14(17(19(26)27)22(13)18(16)25)28-7-6-21-15(24)8-11-4-2-3-5-12(11)20/h2-5,10,13,16,23H,6-9,20H2,1H3,(H,21,24)(H,26,27)/t10-,13-,16-/m1/s1. The third-order valence-corrected chi connectivity index (χ3v) is 6.11. The maximum absolute atomic E-state index is 12.2. The summed E-state index contributed by atoms with van der Waals surface area (Å²) in [4.78, 5) is 37.7. The Morgan fingerprint density at radius 2 is 2.11 bits per heavy atom. The molecule has 5 N–H and O–H groups in total. The molecular formula is C19H23N3O5S. The van der Waals surface area contributed by atoms with Gasteiger partial charge in [0.05, 0.1) is 24.5 Å². The molecule has 0 saturated carbocycles. The van der Waals surface area contributed by atoms with Gasteiger partial charge in [-0.05, 0) is 18.6 Å². The van der Waals surface area contributed by atoms with Gasteiger partial charge in [-0.3, -0.25) is 9.59 Å². The first-order valence-corrected chi connectivity index (χ1v) is 10.00. The summed E-state index contributed by atoms with van der Waals surface area (Å²) in [5.41, 5.74) is 7.15. The molecular weight excluding hydrogens is 382 g/mol. The smallest absolute Gasteiger partial charge is 0.353 e. The number of hydrogen-bond acceptors (Lipinski definition) is 6. The fourth-order valence-corrected chi connectivity index (χ4v) is 4.72. The lowest BCUT2D eigenvalue weighted by Crippen LogP contribution is -2.61. The predicted octanol–water partition coefficient (Wildman–Crippen LogP) is 0.568. The van der Waals surface area contributed by atoms with Gasteiger partial charge in [0, 0.05) is 29.3 Å². The average Bonchev–Trinajstić information content (AvgIpc) is 2.95. The molecule has 1 aromatic carbocycles. The molecule has 0 radical (unpaired) electrons. The van der Waals surface area contributed by atoms with E-state index in [-0.39, 0.29) is 30.0 Å². The zero-order valence-corrected chi connectivity index (χ0v) is 16.2. The monoisotopic (exact) mass is 405 g/mol. The van der Waals surface area contributed by atoms with E-state index in [9.17, 15) is 24.6 Å². The summed E-state index contributed by atoms with van der Waals surface area (Å²) in [5, 5.41) is 22.0. The maximum atomic E-state index is 12.2. The minimum Gasteiger partial charge on any atom is -0.477 e. The molecule has 2 aliphatic heterocycles. The number of nitrogens with one attached hydrogen (secondary N) is 1. The zero-order valence-electron chi connectivity index (χ0n) is 15.4. The summed E-state index contributed by atoms with van der Waals surface area (Å²) < 4.78 is 0. The van der Waals surface area contributed by atoms with Gasteiger partial charge in [0.25, 0.3) is 0 Å². The Bertz CT molecular complexity index is 839. The number of anilines is 1. The van der Waals surface area contributed by atoms with Crippen LogP contribution in [0, 0.1) is 5.92 Å². The Balaban J connectivity index is 1.52. The molecule has 9 heteroatoms. The van der Waals surface area contributed by atoms with Crippen molar-refractivity contribution in [2.45, 2.75) is 31.9 Å². The van der Waals surface area contributed by atoms with E-state index in [1.807, 2.05) is 6.07 Å². The Labute approximate surface area is 166 Å². The SMILES string of the molecule is C[C@@H](O)[C@H]1C(=O)N2C(C(=O)O)=C(SCCNC(=O)Cc3ccccc3N)C[C@H]12. The Hall–Kier alpha value is -2.52. The highest BCUT2D eigenvalue weighted by atomic mass is 32.2. The first-order valence-electron chi connectivity index (χ1n) is 9.01. The summed E-state index contributed by atoms with van der Waals surface area (Å²) >= 11 is 1.32. The molecule has 1 saturated heterocycles. The van der Waals surface area contributed by atoms with Gasteiger partial charge in [-0.15, -0.1) is 11.8 Å². The second-order valence-electron chi connectivity index (χ2n) is 6.90. The molecule has 8 nitrogen and oxygen atoms in total. The number of nitrogen functional groups attached to an aromatic ring is 1. The number of rotatable bonds is 8. The van der Waals surface area contributed by atoms with Gasteiger partial charge >= 0.3 is 5.97 Å². The summed E-state index contributed by atoms with van der Waals surface area (Å²) in [6, 6.07) is 6.87. The van der Waals surface area contributed by atoms with Crippen LogP contribution >= 0.6 is 11.8 Å². The Morgan fingerprint density at radius 1 is 1.39 bits per heavy atom. The third kappa shape index (κ3) is 3.85. The number of carboxylic acids is 1. The predicted molar refractivity (Wildman–Crippen MR) is 105 cm³/mol. The van der Waals surface area contributed by atoms with Gasteiger partial charge in [0.15, 0.2) is 0 Å². The molecule has 0 spiro atoms. The topological polar surface area (TPSA) is 133 Å². The summed E-state index contributed by atoms with van der Waals surface area (Å²) in [6.07, 6.45) is -0.207. The number of aliphatic carboxylic acids is 1. The number of β-lactam (4-membered cyclic amide) rings is 1. The van der Waals surface area contributed by atoms with E-state index in [0.29, 0.717) is 29.3 Å². The van der Waals surface area contributed by atoms with Crippen molar-refractivity contribution in [3.05, 3.63) is 40.4 Å². The summed E-state index contributed by atoms with van der Waals surface area (Å²) in [5.74, 6) is -1.72. The van der Waals surface area contributed by atoms with Crippen molar-refractivity contribution in [1.82, 2.24) is 10.2 Å². The maximum Gasteiger partial charge on any atom is 0.353 e. The molecule has 2 amide bonds. The van der Waals surface area contributed by atoms with Crippen molar-refractivity contribution in [2.75, 3.05) is 18.0 Å². The molecule has 0 aromatic heterocycles. The van der Waals surface area contributed by atoms with E-state index in [0.717, 1.165) is 5.56 Å². The number of aliphatic hydroxyl groups excluding tert-OH is 1. The van der Waals surface area contributed by atoms with Crippen LogP contribution in [0.3, 0.4) is 0 Å². The van der Waals surface area contributed by atoms with Crippen LogP contribution in [0.5, 0.6) is 0 Å². The minimum absolute atomic E-state index is 0.000264. The number of thioether (sulfide) groups is 1. The highest BCUT2D eigenvalue weighted by Gasteiger charge is 2.56. The van der Waals surface area contributed by atoms with Crippen molar-refractivity contribution in [1.29, 1.82) is 0 Å². The molecule has 150 valence electrons. The Morgan fingerprint density at radius 3 is 2.75 bits per heavy atom. The molecule has 0 aliphatic carbocycles. The molecule has 28 heavy (non-hydrogen) atoms. The van der Waals surface area contributed by atoms with E-state index in [1.54, 1.807) is 25.1 Å². The summed E-state index contributed by atoms with van der Waals surface area (Å²) in [6.45, 7) is 1.91. The van der Waals surface area contributed by atoms with Crippen LogP contribution in [0.1, 0.15) is 18.9 Å². The summed E-state index contributed by atoms with van der Waals surface area (Å²) in [7, 11) is 0. The number of nitrogens with zero attached hydrogens (tertiary/aromatic N) is 1. The van der Waals surface area contributed by atoms with Gasteiger partial charge in [0.2, 0.25) is 11.8 Å². The van der Waals surface area contributed by atoms with Crippen LogP contribution in [-0.4, -0.2) is 57.3 Å². The lowest BCUT2D eigenvalue weighted by molar-refractivity contribution is -0.161. The van der Waals surface area contributed by atoms with E-state index < -0.39 is 18.0 Å².